The van der Waals surface area contributed by atoms with Crippen molar-refractivity contribution in [3.63, 3.8) is 0 Å². The van der Waals surface area contributed by atoms with Crippen molar-refractivity contribution in [1.29, 1.82) is 0 Å². The average molecular weight is 208 g/mol. The molecule has 1 aromatic carbocycles. The van der Waals surface area contributed by atoms with Crippen LogP contribution in [0.25, 0.3) is 0 Å². The SMILES string of the molecule is CCOc1cc(F)c(F)cc1C(F)F. The second kappa shape index (κ2) is 4.30. The van der Waals surface area contributed by atoms with Crippen molar-refractivity contribution in [2.24, 2.45) is 0 Å². The lowest BCUT2D eigenvalue weighted by Crippen LogP contribution is -1.99. The highest BCUT2D eigenvalue weighted by Crippen LogP contribution is 2.30. The zero-order valence-electron chi connectivity index (χ0n) is 7.36. The van der Waals surface area contributed by atoms with Crippen LogP contribution in [0.4, 0.5) is 17.6 Å². The molecule has 0 fully saturated rings. The number of hydrogen-bond donors (Lipinski definition) is 0. The lowest BCUT2D eigenvalue weighted by atomic mass is 10.2. The van der Waals surface area contributed by atoms with E-state index in [1.165, 1.54) is 0 Å². The van der Waals surface area contributed by atoms with Crippen molar-refractivity contribution in [2.45, 2.75) is 13.3 Å². The summed E-state index contributed by atoms with van der Waals surface area (Å²) in [6, 6.07) is 1.07. The van der Waals surface area contributed by atoms with Gasteiger partial charge in [-0.3, -0.25) is 0 Å². The summed E-state index contributed by atoms with van der Waals surface area (Å²) in [5.74, 6) is -2.82. The molecule has 0 N–H and O–H groups in total. The van der Waals surface area contributed by atoms with Crippen LogP contribution in [-0.4, -0.2) is 6.61 Å². The van der Waals surface area contributed by atoms with Gasteiger partial charge in [-0.25, -0.2) is 17.6 Å². The summed E-state index contributed by atoms with van der Waals surface area (Å²) < 4.78 is 54.6. The number of alkyl halides is 2. The summed E-state index contributed by atoms with van der Waals surface area (Å²) in [6.07, 6.45) is -2.88. The zero-order chi connectivity index (χ0) is 10.7. The fourth-order valence-electron chi connectivity index (χ4n) is 0.995. The van der Waals surface area contributed by atoms with Crippen molar-refractivity contribution in [3.05, 3.63) is 29.3 Å². The summed E-state index contributed by atoms with van der Waals surface area (Å²) in [5, 5.41) is 0. The third-order valence-electron chi connectivity index (χ3n) is 1.59. The van der Waals surface area contributed by atoms with Gasteiger partial charge in [0.2, 0.25) is 0 Å². The van der Waals surface area contributed by atoms with Gasteiger partial charge in [0.1, 0.15) is 5.75 Å². The fourth-order valence-corrected chi connectivity index (χ4v) is 0.995. The Morgan fingerprint density at radius 3 is 2.29 bits per heavy atom. The van der Waals surface area contributed by atoms with Crippen LogP contribution in [0, 0.1) is 11.6 Å². The normalized spacial score (nSPS) is 10.7. The number of hydrogen-bond acceptors (Lipinski definition) is 1. The molecular formula is C9H8F4O. The van der Waals surface area contributed by atoms with Crippen LogP contribution in [-0.2, 0) is 0 Å². The molecule has 0 saturated heterocycles. The van der Waals surface area contributed by atoms with Crippen LogP contribution in [0.1, 0.15) is 18.9 Å². The lowest BCUT2D eigenvalue weighted by Gasteiger charge is -2.09. The average Bonchev–Trinajstić information content (AvgIpc) is 2.11. The van der Waals surface area contributed by atoms with E-state index in [0.29, 0.717) is 12.1 Å². The topological polar surface area (TPSA) is 9.23 Å². The minimum atomic E-state index is -2.88. The van der Waals surface area contributed by atoms with Gasteiger partial charge in [-0.2, -0.15) is 0 Å². The molecule has 0 heterocycles. The van der Waals surface area contributed by atoms with Crippen LogP contribution in [0.5, 0.6) is 5.75 Å². The molecule has 14 heavy (non-hydrogen) atoms. The molecule has 0 amide bonds. The number of ether oxygens (including phenoxy) is 1. The maximum atomic E-state index is 12.6. The molecule has 1 rings (SSSR count). The van der Waals surface area contributed by atoms with Gasteiger partial charge < -0.3 is 4.74 Å². The Hall–Kier alpha value is -1.26. The summed E-state index contributed by atoms with van der Waals surface area (Å²) in [6.45, 7) is 1.68. The molecule has 0 unspecified atom stereocenters. The molecule has 0 aliphatic heterocycles. The Labute approximate surface area is 78.3 Å². The van der Waals surface area contributed by atoms with E-state index in [2.05, 4.69) is 0 Å². The van der Waals surface area contributed by atoms with Gasteiger partial charge in [0, 0.05) is 6.07 Å². The van der Waals surface area contributed by atoms with Crippen molar-refractivity contribution in [1.82, 2.24) is 0 Å². The maximum Gasteiger partial charge on any atom is 0.267 e. The van der Waals surface area contributed by atoms with Crippen LogP contribution in [0.2, 0.25) is 0 Å². The minimum absolute atomic E-state index is 0.116. The van der Waals surface area contributed by atoms with Gasteiger partial charge in [-0.15, -0.1) is 0 Å². The molecule has 1 nitrogen and oxygen atoms in total. The molecule has 0 atom stereocenters. The first-order valence-electron chi connectivity index (χ1n) is 3.96. The summed E-state index contributed by atoms with van der Waals surface area (Å²) in [5.41, 5.74) is -0.634. The maximum absolute atomic E-state index is 12.6. The molecule has 0 bridgehead atoms. The zero-order valence-corrected chi connectivity index (χ0v) is 7.36. The van der Waals surface area contributed by atoms with E-state index in [4.69, 9.17) is 4.74 Å². The third kappa shape index (κ3) is 2.16. The van der Waals surface area contributed by atoms with Gasteiger partial charge in [0.25, 0.3) is 6.43 Å². The third-order valence-corrected chi connectivity index (χ3v) is 1.59. The van der Waals surface area contributed by atoms with Crippen molar-refractivity contribution >= 4 is 0 Å². The Kier molecular flexibility index (Phi) is 3.33. The first kappa shape index (κ1) is 10.8. The van der Waals surface area contributed by atoms with E-state index >= 15 is 0 Å². The quantitative estimate of drug-likeness (QED) is 0.692. The standard InChI is InChI=1S/C9H8F4O/c1-2-14-8-4-7(11)6(10)3-5(8)9(12)13/h3-4,9H,2H2,1H3. The summed E-state index contributed by atoms with van der Waals surface area (Å²) in [4.78, 5) is 0. The van der Waals surface area contributed by atoms with Crippen molar-refractivity contribution < 1.29 is 22.3 Å². The largest absolute Gasteiger partial charge is 0.493 e. The first-order valence-corrected chi connectivity index (χ1v) is 3.96. The van der Waals surface area contributed by atoms with E-state index in [1.54, 1.807) is 6.92 Å². The predicted octanol–water partition coefficient (Wildman–Crippen LogP) is 3.30. The van der Waals surface area contributed by atoms with Crippen LogP contribution < -0.4 is 4.74 Å². The monoisotopic (exact) mass is 208 g/mol. The van der Waals surface area contributed by atoms with Crippen molar-refractivity contribution in [3.8, 4) is 5.75 Å². The minimum Gasteiger partial charge on any atom is -0.493 e. The van der Waals surface area contributed by atoms with E-state index in [-0.39, 0.29) is 12.4 Å². The van der Waals surface area contributed by atoms with Crippen LogP contribution in [0.15, 0.2) is 12.1 Å². The second-order valence-electron chi connectivity index (χ2n) is 2.54. The van der Waals surface area contributed by atoms with Crippen molar-refractivity contribution in [2.75, 3.05) is 6.61 Å². The smallest absolute Gasteiger partial charge is 0.267 e. The molecule has 0 aromatic heterocycles. The highest BCUT2D eigenvalue weighted by molar-refractivity contribution is 5.35. The van der Waals surface area contributed by atoms with E-state index in [1.807, 2.05) is 0 Å². The van der Waals surface area contributed by atoms with Crippen LogP contribution in [0.3, 0.4) is 0 Å². The highest BCUT2D eigenvalue weighted by atomic mass is 19.3. The number of halogens is 4. The fraction of sp³-hybridized carbons (Fsp3) is 0.333. The first-order chi connectivity index (χ1) is 6.56. The summed E-state index contributed by atoms with van der Waals surface area (Å²) in [7, 11) is 0. The Bertz CT molecular complexity index is 325. The Balaban J connectivity index is 3.17. The molecule has 78 valence electrons. The summed E-state index contributed by atoms with van der Waals surface area (Å²) >= 11 is 0. The van der Waals surface area contributed by atoms with Gasteiger partial charge in [-0.05, 0) is 13.0 Å². The lowest BCUT2D eigenvalue weighted by molar-refractivity contribution is 0.144. The molecule has 5 heteroatoms. The Morgan fingerprint density at radius 2 is 1.79 bits per heavy atom. The number of benzene rings is 1. The van der Waals surface area contributed by atoms with E-state index in [9.17, 15) is 17.6 Å². The molecule has 0 radical (unpaired) electrons. The molecule has 1 aromatic rings. The number of rotatable bonds is 3. The second-order valence-corrected chi connectivity index (χ2v) is 2.54. The van der Waals surface area contributed by atoms with Gasteiger partial charge >= 0.3 is 0 Å². The molecule has 0 aliphatic rings. The van der Waals surface area contributed by atoms with E-state index < -0.39 is 23.6 Å². The van der Waals surface area contributed by atoms with E-state index in [0.717, 1.165) is 0 Å². The Morgan fingerprint density at radius 1 is 1.21 bits per heavy atom. The molecule has 0 saturated carbocycles. The highest BCUT2D eigenvalue weighted by Gasteiger charge is 2.17. The molecule has 0 spiro atoms. The molecule has 0 aliphatic carbocycles. The van der Waals surface area contributed by atoms with Crippen LogP contribution >= 0.6 is 0 Å². The predicted molar refractivity (Wildman–Crippen MR) is 42.5 cm³/mol. The van der Waals surface area contributed by atoms with Gasteiger partial charge in [-0.1, -0.05) is 0 Å². The van der Waals surface area contributed by atoms with Gasteiger partial charge in [0.05, 0.1) is 12.2 Å². The molecular weight excluding hydrogens is 200 g/mol. The van der Waals surface area contributed by atoms with Gasteiger partial charge in [0.15, 0.2) is 11.6 Å².